The molecule has 0 fully saturated rings. The smallest absolute Gasteiger partial charge is 0.215 e. The summed E-state index contributed by atoms with van der Waals surface area (Å²) >= 11 is 0. The molecule has 15 heavy (non-hydrogen) atoms. The lowest BCUT2D eigenvalue weighted by Crippen LogP contribution is -2.46. The van der Waals surface area contributed by atoms with E-state index in [4.69, 9.17) is 0 Å². The predicted octanol–water partition coefficient (Wildman–Crippen LogP) is 1.05. The SMILES string of the molecule is CCNCCS(=O)(=O)N(C)C(C)(C)CC. The third-order valence-corrected chi connectivity index (χ3v) is 4.97. The number of hydrogen-bond donors (Lipinski definition) is 1. The highest BCUT2D eigenvalue weighted by atomic mass is 32.2. The van der Waals surface area contributed by atoms with E-state index in [0.717, 1.165) is 13.0 Å². The maximum atomic E-state index is 11.9. The summed E-state index contributed by atoms with van der Waals surface area (Å²) in [6.45, 7) is 9.16. The van der Waals surface area contributed by atoms with Gasteiger partial charge in [0.25, 0.3) is 0 Å². The van der Waals surface area contributed by atoms with Crippen LogP contribution in [-0.2, 0) is 10.0 Å². The van der Waals surface area contributed by atoms with Crippen LogP contribution in [0.5, 0.6) is 0 Å². The largest absolute Gasteiger partial charge is 0.316 e. The summed E-state index contributed by atoms with van der Waals surface area (Å²) in [5.41, 5.74) is -0.301. The van der Waals surface area contributed by atoms with Gasteiger partial charge >= 0.3 is 0 Å². The standard InChI is InChI=1S/C10H24N2O2S/c1-6-10(3,4)12(5)15(13,14)9-8-11-7-2/h11H,6-9H2,1-5H3. The van der Waals surface area contributed by atoms with E-state index in [1.54, 1.807) is 7.05 Å². The summed E-state index contributed by atoms with van der Waals surface area (Å²) in [6.07, 6.45) is 0.809. The van der Waals surface area contributed by atoms with Crippen LogP contribution in [0.2, 0.25) is 0 Å². The van der Waals surface area contributed by atoms with Gasteiger partial charge in [-0.2, -0.15) is 4.31 Å². The quantitative estimate of drug-likeness (QED) is 0.672. The molecule has 0 amide bonds. The van der Waals surface area contributed by atoms with Gasteiger partial charge in [-0.3, -0.25) is 0 Å². The third kappa shape index (κ3) is 4.49. The predicted molar refractivity (Wildman–Crippen MR) is 64.5 cm³/mol. The molecule has 0 spiro atoms. The summed E-state index contributed by atoms with van der Waals surface area (Å²) in [5, 5.41) is 3.02. The van der Waals surface area contributed by atoms with Crippen LogP contribution in [0.4, 0.5) is 0 Å². The highest BCUT2D eigenvalue weighted by molar-refractivity contribution is 7.89. The van der Waals surface area contributed by atoms with Gasteiger partial charge in [-0.1, -0.05) is 13.8 Å². The fraction of sp³-hybridized carbons (Fsp3) is 1.00. The molecule has 1 N–H and O–H groups in total. The first-order valence-electron chi connectivity index (χ1n) is 5.45. The van der Waals surface area contributed by atoms with Gasteiger partial charge in [-0.25, -0.2) is 8.42 Å². The minimum absolute atomic E-state index is 0.167. The van der Waals surface area contributed by atoms with Crippen molar-refractivity contribution in [2.75, 3.05) is 25.9 Å². The lowest BCUT2D eigenvalue weighted by Gasteiger charge is -2.33. The Morgan fingerprint density at radius 1 is 1.27 bits per heavy atom. The van der Waals surface area contributed by atoms with Crippen molar-refractivity contribution in [2.45, 2.75) is 39.7 Å². The first-order chi connectivity index (χ1) is 6.78. The van der Waals surface area contributed by atoms with Gasteiger partial charge in [0, 0.05) is 19.1 Å². The normalized spacial score (nSPS) is 13.5. The lowest BCUT2D eigenvalue weighted by molar-refractivity contribution is 0.257. The van der Waals surface area contributed by atoms with Gasteiger partial charge in [0.2, 0.25) is 10.0 Å². The molecule has 0 aliphatic rings. The zero-order valence-electron chi connectivity index (χ0n) is 10.5. The Labute approximate surface area is 94.1 Å². The van der Waals surface area contributed by atoms with Gasteiger partial charge in [0.05, 0.1) is 5.75 Å². The van der Waals surface area contributed by atoms with Crippen molar-refractivity contribution < 1.29 is 8.42 Å². The summed E-state index contributed by atoms with van der Waals surface area (Å²) in [5.74, 6) is 0.167. The van der Waals surface area contributed by atoms with E-state index in [1.165, 1.54) is 4.31 Å². The fourth-order valence-electron chi connectivity index (χ4n) is 1.11. The fourth-order valence-corrected chi connectivity index (χ4v) is 2.67. The van der Waals surface area contributed by atoms with Crippen molar-refractivity contribution in [3.05, 3.63) is 0 Å². The number of nitrogens with one attached hydrogen (secondary N) is 1. The van der Waals surface area contributed by atoms with Gasteiger partial charge in [-0.05, 0) is 26.8 Å². The Kier molecular flexibility index (Phi) is 5.77. The molecule has 0 saturated heterocycles. The molecule has 0 rings (SSSR count). The molecule has 0 aromatic rings. The third-order valence-electron chi connectivity index (χ3n) is 2.92. The Hall–Kier alpha value is -0.130. The second-order valence-corrected chi connectivity index (χ2v) is 6.42. The van der Waals surface area contributed by atoms with Crippen LogP contribution < -0.4 is 5.32 Å². The van der Waals surface area contributed by atoms with Crippen molar-refractivity contribution >= 4 is 10.0 Å². The summed E-state index contributed by atoms with van der Waals surface area (Å²) < 4.78 is 25.3. The highest BCUT2D eigenvalue weighted by Crippen LogP contribution is 2.19. The molecule has 0 aromatic heterocycles. The van der Waals surface area contributed by atoms with Gasteiger partial charge in [-0.15, -0.1) is 0 Å². The Balaban J connectivity index is 4.46. The first kappa shape index (κ1) is 14.9. The highest BCUT2D eigenvalue weighted by Gasteiger charge is 2.30. The minimum atomic E-state index is -3.13. The van der Waals surface area contributed by atoms with Crippen LogP contribution in [0.25, 0.3) is 0 Å². The Morgan fingerprint density at radius 3 is 2.20 bits per heavy atom. The molecule has 0 aliphatic heterocycles. The molecular formula is C10H24N2O2S. The molecule has 0 aromatic carbocycles. The molecule has 0 atom stereocenters. The van der Waals surface area contributed by atoms with Crippen LogP contribution in [0.15, 0.2) is 0 Å². The van der Waals surface area contributed by atoms with E-state index in [-0.39, 0.29) is 11.3 Å². The molecule has 92 valence electrons. The maximum Gasteiger partial charge on any atom is 0.215 e. The van der Waals surface area contributed by atoms with E-state index < -0.39 is 10.0 Å². The molecule has 0 radical (unpaired) electrons. The van der Waals surface area contributed by atoms with E-state index in [9.17, 15) is 8.42 Å². The van der Waals surface area contributed by atoms with E-state index in [1.807, 2.05) is 27.7 Å². The average molecular weight is 236 g/mol. The van der Waals surface area contributed by atoms with Crippen LogP contribution in [0, 0.1) is 0 Å². The van der Waals surface area contributed by atoms with Crippen LogP contribution in [-0.4, -0.2) is 44.2 Å². The van der Waals surface area contributed by atoms with Crippen LogP contribution >= 0.6 is 0 Å². The maximum absolute atomic E-state index is 11.9. The van der Waals surface area contributed by atoms with Crippen molar-refractivity contribution in [3.63, 3.8) is 0 Å². The topological polar surface area (TPSA) is 49.4 Å². The van der Waals surface area contributed by atoms with Gasteiger partial charge in [0.15, 0.2) is 0 Å². The van der Waals surface area contributed by atoms with E-state index >= 15 is 0 Å². The lowest BCUT2D eigenvalue weighted by atomic mass is 10.0. The van der Waals surface area contributed by atoms with E-state index in [0.29, 0.717) is 6.54 Å². The summed E-state index contributed by atoms with van der Waals surface area (Å²) in [4.78, 5) is 0. The van der Waals surface area contributed by atoms with Crippen molar-refractivity contribution in [1.82, 2.24) is 9.62 Å². The number of hydrogen-bond acceptors (Lipinski definition) is 3. The van der Waals surface area contributed by atoms with E-state index in [2.05, 4.69) is 5.32 Å². The minimum Gasteiger partial charge on any atom is -0.316 e. The van der Waals surface area contributed by atoms with Crippen molar-refractivity contribution in [2.24, 2.45) is 0 Å². The molecule has 0 aliphatic carbocycles. The second kappa shape index (κ2) is 5.82. The molecule has 0 unspecified atom stereocenters. The molecule has 0 heterocycles. The Bertz CT molecular complexity index is 273. The van der Waals surface area contributed by atoms with Gasteiger partial charge < -0.3 is 5.32 Å². The molecule has 5 heteroatoms. The summed E-state index contributed by atoms with van der Waals surface area (Å²) in [6, 6.07) is 0. The van der Waals surface area contributed by atoms with Gasteiger partial charge in [0.1, 0.15) is 0 Å². The first-order valence-corrected chi connectivity index (χ1v) is 7.06. The van der Waals surface area contributed by atoms with Crippen molar-refractivity contribution in [3.8, 4) is 0 Å². The molecule has 4 nitrogen and oxygen atoms in total. The zero-order valence-corrected chi connectivity index (χ0v) is 11.3. The molecular weight excluding hydrogens is 212 g/mol. The molecule has 0 bridgehead atoms. The summed E-state index contributed by atoms with van der Waals surface area (Å²) in [7, 11) is -1.47. The van der Waals surface area contributed by atoms with Crippen molar-refractivity contribution in [1.29, 1.82) is 0 Å². The number of rotatable bonds is 7. The monoisotopic (exact) mass is 236 g/mol. The van der Waals surface area contributed by atoms with Crippen LogP contribution in [0.1, 0.15) is 34.1 Å². The second-order valence-electron chi connectivity index (χ2n) is 4.30. The van der Waals surface area contributed by atoms with Crippen LogP contribution in [0.3, 0.4) is 0 Å². The average Bonchev–Trinajstić information content (AvgIpc) is 2.17. The zero-order chi connectivity index (χ0) is 12.1. The molecule has 0 saturated carbocycles. The Morgan fingerprint density at radius 2 is 1.80 bits per heavy atom. The number of sulfonamides is 1. The number of nitrogens with zero attached hydrogens (tertiary/aromatic N) is 1.